The standard InChI is InChI=1S/C24H20Cl2N4O4/c1-15-8-9-19(12-21(15)26)29-23(32)24(33)30-27-13-16-4-2-7-20(10-16)34-14-22(31)28-18-6-3-5-17(25)11-18/h2-13H,14H2,1H3,(H,28,31)(H,29,32)(H,30,33)/b27-13-. The van der Waals surface area contributed by atoms with Crippen molar-refractivity contribution in [2.75, 3.05) is 17.2 Å². The fraction of sp³-hybridized carbons (Fsp3) is 0.0833. The summed E-state index contributed by atoms with van der Waals surface area (Å²) < 4.78 is 5.49. The average molecular weight is 499 g/mol. The van der Waals surface area contributed by atoms with Crippen LogP contribution in [0.3, 0.4) is 0 Å². The first kappa shape index (κ1) is 24.8. The molecule has 0 spiro atoms. The predicted molar refractivity (Wildman–Crippen MR) is 133 cm³/mol. The Labute approximate surface area is 205 Å². The van der Waals surface area contributed by atoms with E-state index in [4.69, 9.17) is 27.9 Å². The Balaban J connectivity index is 1.48. The molecule has 0 saturated carbocycles. The molecule has 0 atom stereocenters. The number of hydrogen-bond acceptors (Lipinski definition) is 5. The molecule has 10 heteroatoms. The fourth-order valence-corrected chi connectivity index (χ4v) is 3.04. The molecule has 0 aromatic heterocycles. The highest BCUT2D eigenvalue weighted by molar-refractivity contribution is 6.40. The van der Waals surface area contributed by atoms with Gasteiger partial charge < -0.3 is 15.4 Å². The van der Waals surface area contributed by atoms with Gasteiger partial charge in [-0.2, -0.15) is 5.10 Å². The Morgan fingerprint density at radius 3 is 2.44 bits per heavy atom. The minimum Gasteiger partial charge on any atom is -0.484 e. The molecule has 3 N–H and O–H groups in total. The molecule has 0 aliphatic rings. The maximum Gasteiger partial charge on any atom is 0.329 e. The first-order chi connectivity index (χ1) is 16.3. The van der Waals surface area contributed by atoms with Crippen LogP contribution < -0.4 is 20.8 Å². The third kappa shape index (κ3) is 7.61. The summed E-state index contributed by atoms with van der Waals surface area (Å²) >= 11 is 11.9. The van der Waals surface area contributed by atoms with Gasteiger partial charge in [0, 0.05) is 21.4 Å². The molecule has 34 heavy (non-hydrogen) atoms. The predicted octanol–water partition coefficient (Wildman–Crippen LogP) is 4.41. The third-order valence-electron chi connectivity index (χ3n) is 4.35. The molecule has 3 rings (SSSR count). The number of carbonyl (C=O) groups is 3. The van der Waals surface area contributed by atoms with Crippen molar-refractivity contribution >= 4 is 58.5 Å². The summed E-state index contributed by atoms with van der Waals surface area (Å²) in [7, 11) is 0. The first-order valence-electron chi connectivity index (χ1n) is 9.99. The van der Waals surface area contributed by atoms with Gasteiger partial charge in [-0.3, -0.25) is 14.4 Å². The maximum absolute atomic E-state index is 12.1. The van der Waals surface area contributed by atoms with E-state index < -0.39 is 11.8 Å². The first-order valence-corrected chi connectivity index (χ1v) is 10.7. The second-order valence-electron chi connectivity index (χ2n) is 7.04. The Kier molecular flexibility index (Phi) is 8.61. The molecule has 174 valence electrons. The molecule has 3 aromatic carbocycles. The Bertz CT molecular complexity index is 1250. The molecule has 0 aliphatic carbocycles. The van der Waals surface area contributed by atoms with Crippen LogP contribution >= 0.6 is 23.2 Å². The summed E-state index contributed by atoms with van der Waals surface area (Å²) in [6.45, 7) is 1.61. The van der Waals surface area contributed by atoms with Gasteiger partial charge in [0.05, 0.1) is 6.21 Å². The molecular weight excluding hydrogens is 479 g/mol. The fourth-order valence-electron chi connectivity index (χ4n) is 2.67. The van der Waals surface area contributed by atoms with Gasteiger partial charge in [0.15, 0.2) is 6.61 Å². The Morgan fingerprint density at radius 2 is 1.68 bits per heavy atom. The van der Waals surface area contributed by atoms with Gasteiger partial charge >= 0.3 is 11.8 Å². The number of hydrogen-bond donors (Lipinski definition) is 3. The molecule has 3 aromatic rings. The maximum atomic E-state index is 12.1. The zero-order valence-electron chi connectivity index (χ0n) is 18.0. The number of halogens is 2. The lowest BCUT2D eigenvalue weighted by Crippen LogP contribution is -2.32. The van der Waals surface area contributed by atoms with Crippen LogP contribution in [0.15, 0.2) is 71.8 Å². The van der Waals surface area contributed by atoms with Crippen molar-refractivity contribution in [3.8, 4) is 5.75 Å². The lowest BCUT2D eigenvalue weighted by atomic mass is 10.2. The monoisotopic (exact) mass is 498 g/mol. The molecule has 0 fully saturated rings. The molecule has 8 nitrogen and oxygen atoms in total. The van der Waals surface area contributed by atoms with E-state index in [1.54, 1.807) is 66.7 Å². The van der Waals surface area contributed by atoms with Crippen molar-refractivity contribution in [2.45, 2.75) is 6.92 Å². The minimum absolute atomic E-state index is 0.215. The van der Waals surface area contributed by atoms with Crippen molar-refractivity contribution in [1.82, 2.24) is 5.43 Å². The summed E-state index contributed by atoms with van der Waals surface area (Å²) in [6.07, 6.45) is 1.34. The second-order valence-corrected chi connectivity index (χ2v) is 7.88. The number of benzene rings is 3. The van der Waals surface area contributed by atoms with Crippen LogP contribution in [-0.4, -0.2) is 30.5 Å². The van der Waals surface area contributed by atoms with E-state index in [0.717, 1.165) is 5.56 Å². The largest absolute Gasteiger partial charge is 0.484 e. The van der Waals surface area contributed by atoms with Crippen molar-refractivity contribution < 1.29 is 19.1 Å². The van der Waals surface area contributed by atoms with Crippen LogP contribution in [0.4, 0.5) is 11.4 Å². The zero-order chi connectivity index (χ0) is 24.5. The van der Waals surface area contributed by atoms with E-state index >= 15 is 0 Å². The van der Waals surface area contributed by atoms with Crippen LogP contribution in [0.5, 0.6) is 5.75 Å². The van der Waals surface area contributed by atoms with Gasteiger partial charge in [-0.05, 0) is 60.5 Å². The van der Waals surface area contributed by atoms with Gasteiger partial charge in [-0.25, -0.2) is 5.43 Å². The highest BCUT2D eigenvalue weighted by Crippen LogP contribution is 2.20. The van der Waals surface area contributed by atoms with Crippen LogP contribution in [0.1, 0.15) is 11.1 Å². The number of amides is 3. The number of hydrazone groups is 1. The molecule has 0 heterocycles. The second kappa shape index (κ2) is 11.8. The number of anilines is 2. The number of nitrogens with one attached hydrogen (secondary N) is 3. The van der Waals surface area contributed by atoms with Crippen molar-refractivity contribution in [3.05, 3.63) is 87.9 Å². The minimum atomic E-state index is -0.946. The lowest BCUT2D eigenvalue weighted by Gasteiger charge is -2.08. The van der Waals surface area contributed by atoms with E-state index in [9.17, 15) is 14.4 Å². The van der Waals surface area contributed by atoms with Gasteiger partial charge in [0.1, 0.15) is 5.75 Å². The average Bonchev–Trinajstić information content (AvgIpc) is 2.80. The molecular formula is C24H20Cl2N4O4. The number of aryl methyl sites for hydroxylation is 1. The normalized spacial score (nSPS) is 10.6. The molecule has 0 saturated heterocycles. The number of carbonyl (C=O) groups excluding carboxylic acids is 3. The highest BCUT2D eigenvalue weighted by Gasteiger charge is 2.13. The summed E-state index contributed by atoms with van der Waals surface area (Å²) in [6, 6.07) is 18.4. The topological polar surface area (TPSA) is 109 Å². The summed E-state index contributed by atoms with van der Waals surface area (Å²) in [5.41, 5.74) is 4.53. The van der Waals surface area contributed by atoms with Gasteiger partial charge in [0.2, 0.25) is 0 Å². The van der Waals surface area contributed by atoms with E-state index in [1.165, 1.54) is 6.21 Å². The third-order valence-corrected chi connectivity index (χ3v) is 4.99. The van der Waals surface area contributed by atoms with Gasteiger partial charge in [-0.1, -0.05) is 47.5 Å². The van der Waals surface area contributed by atoms with Gasteiger partial charge in [0.25, 0.3) is 5.91 Å². The summed E-state index contributed by atoms with van der Waals surface area (Å²) in [5.74, 6) is -1.77. The molecule has 0 radical (unpaired) electrons. The van der Waals surface area contributed by atoms with E-state index in [2.05, 4.69) is 21.2 Å². The van der Waals surface area contributed by atoms with Crippen LogP contribution in [0.2, 0.25) is 10.0 Å². The van der Waals surface area contributed by atoms with Crippen LogP contribution in [-0.2, 0) is 14.4 Å². The van der Waals surface area contributed by atoms with Crippen molar-refractivity contribution in [1.29, 1.82) is 0 Å². The number of ether oxygens (including phenoxy) is 1. The van der Waals surface area contributed by atoms with Gasteiger partial charge in [-0.15, -0.1) is 0 Å². The lowest BCUT2D eigenvalue weighted by molar-refractivity contribution is -0.136. The Hall–Kier alpha value is -3.88. The zero-order valence-corrected chi connectivity index (χ0v) is 19.5. The van der Waals surface area contributed by atoms with Crippen LogP contribution in [0, 0.1) is 6.92 Å². The summed E-state index contributed by atoms with van der Waals surface area (Å²) in [4.78, 5) is 36.0. The highest BCUT2D eigenvalue weighted by atomic mass is 35.5. The molecule has 0 aliphatic heterocycles. The molecule has 0 unspecified atom stereocenters. The molecule has 0 bridgehead atoms. The summed E-state index contributed by atoms with van der Waals surface area (Å²) in [5, 5.41) is 9.88. The molecule has 3 amide bonds. The van der Waals surface area contributed by atoms with Crippen molar-refractivity contribution in [2.24, 2.45) is 5.10 Å². The van der Waals surface area contributed by atoms with Crippen molar-refractivity contribution in [3.63, 3.8) is 0 Å². The van der Waals surface area contributed by atoms with E-state index in [0.29, 0.717) is 32.7 Å². The SMILES string of the molecule is Cc1ccc(NC(=O)C(=O)N/N=C\c2cccc(OCC(=O)Nc3cccc(Cl)c3)c2)cc1Cl. The number of rotatable bonds is 7. The quantitative estimate of drug-likeness (QED) is 0.254. The number of nitrogens with zero attached hydrogens (tertiary/aromatic N) is 1. The smallest absolute Gasteiger partial charge is 0.329 e. The Morgan fingerprint density at radius 1 is 0.912 bits per heavy atom. The van der Waals surface area contributed by atoms with E-state index in [1.807, 2.05) is 6.92 Å². The van der Waals surface area contributed by atoms with Crippen LogP contribution in [0.25, 0.3) is 0 Å². The van der Waals surface area contributed by atoms with E-state index in [-0.39, 0.29) is 12.5 Å².